The Balaban J connectivity index is 2.26. The summed E-state index contributed by atoms with van der Waals surface area (Å²) in [5.41, 5.74) is 3.92. The first-order valence-corrected chi connectivity index (χ1v) is 6.26. The minimum Gasteiger partial charge on any atom is -0.481 e. The molecule has 0 spiro atoms. The van der Waals surface area contributed by atoms with E-state index < -0.39 is 5.97 Å². The van der Waals surface area contributed by atoms with Crippen molar-refractivity contribution in [2.75, 3.05) is 0 Å². The predicted octanol–water partition coefficient (Wildman–Crippen LogP) is 2.33. The number of rotatable bonds is 3. The van der Waals surface area contributed by atoms with Crippen molar-refractivity contribution in [3.8, 4) is 11.3 Å². The fourth-order valence-corrected chi connectivity index (χ4v) is 2.27. The van der Waals surface area contributed by atoms with Crippen LogP contribution in [0.3, 0.4) is 0 Å². The first-order chi connectivity index (χ1) is 9.65. The average molecular weight is 267 g/mol. The van der Waals surface area contributed by atoms with Crippen molar-refractivity contribution in [2.24, 2.45) is 0 Å². The molecule has 0 amide bonds. The number of fused-ring (bicyclic) bond motifs is 1. The van der Waals surface area contributed by atoms with Crippen LogP contribution in [0.25, 0.3) is 16.9 Å². The molecule has 3 aromatic rings. The number of benzene rings is 1. The van der Waals surface area contributed by atoms with Gasteiger partial charge in [0.15, 0.2) is 5.65 Å². The molecule has 100 valence electrons. The van der Waals surface area contributed by atoms with Gasteiger partial charge in [-0.15, -0.1) is 0 Å². The lowest BCUT2D eigenvalue weighted by Crippen LogP contribution is -2.01. The normalized spacial score (nSPS) is 10.8. The van der Waals surface area contributed by atoms with E-state index in [1.807, 2.05) is 31.2 Å². The van der Waals surface area contributed by atoms with Gasteiger partial charge in [-0.1, -0.05) is 23.8 Å². The number of carbonyl (C=O) groups is 1. The van der Waals surface area contributed by atoms with Crippen molar-refractivity contribution in [3.05, 3.63) is 53.9 Å². The van der Waals surface area contributed by atoms with Gasteiger partial charge in [0.1, 0.15) is 0 Å². The van der Waals surface area contributed by atoms with Crippen LogP contribution in [0.4, 0.5) is 0 Å². The third-order valence-electron chi connectivity index (χ3n) is 3.11. The second-order valence-corrected chi connectivity index (χ2v) is 4.66. The Labute approximate surface area is 115 Å². The van der Waals surface area contributed by atoms with E-state index in [4.69, 9.17) is 5.11 Å². The molecule has 0 fully saturated rings. The van der Waals surface area contributed by atoms with Gasteiger partial charge >= 0.3 is 5.97 Å². The van der Waals surface area contributed by atoms with Crippen molar-refractivity contribution >= 4 is 11.6 Å². The van der Waals surface area contributed by atoms with Gasteiger partial charge in [0.25, 0.3) is 0 Å². The Hall–Kier alpha value is -2.69. The molecule has 2 aromatic heterocycles. The van der Waals surface area contributed by atoms with Crippen LogP contribution >= 0.6 is 0 Å². The summed E-state index contributed by atoms with van der Waals surface area (Å²) in [6.45, 7) is 1.99. The molecule has 0 bridgehead atoms. The number of carboxylic acids is 1. The standard InChI is InChI=1S/C15H13N3O2/c1-10-4-2-5-11(8-10)14-12(9-13(19)20)15-16-6-3-7-18(15)17-14/h2-8H,9H2,1H3,(H,19,20). The highest BCUT2D eigenvalue weighted by atomic mass is 16.4. The molecule has 0 aliphatic rings. The Morgan fingerprint density at radius 2 is 2.20 bits per heavy atom. The number of hydrogen-bond donors (Lipinski definition) is 1. The quantitative estimate of drug-likeness (QED) is 0.790. The highest BCUT2D eigenvalue weighted by Gasteiger charge is 2.17. The number of nitrogens with zero attached hydrogens (tertiary/aromatic N) is 3. The minimum atomic E-state index is -0.889. The van der Waals surface area contributed by atoms with Gasteiger partial charge in [0.05, 0.1) is 12.1 Å². The lowest BCUT2D eigenvalue weighted by Gasteiger charge is -2.01. The van der Waals surface area contributed by atoms with E-state index >= 15 is 0 Å². The Bertz CT molecular complexity index is 793. The monoisotopic (exact) mass is 267 g/mol. The van der Waals surface area contributed by atoms with Crippen LogP contribution in [-0.4, -0.2) is 25.7 Å². The second-order valence-electron chi connectivity index (χ2n) is 4.66. The molecule has 0 unspecified atom stereocenters. The minimum absolute atomic E-state index is 0.0935. The van der Waals surface area contributed by atoms with E-state index in [0.29, 0.717) is 16.9 Å². The third kappa shape index (κ3) is 2.14. The highest BCUT2D eigenvalue weighted by molar-refractivity contribution is 5.80. The zero-order valence-corrected chi connectivity index (χ0v) is 10.9. The topological polar surface area (TPSA) is 67.5 Å². The molecule has 20 heavy (non-hydrogen) atoms. The number of aromatic nitrogens is 3. The van der Waals surface area contributed by atoms with Crippen LogP contribution in [0.5, 0.6) is 0 Å². The van der Waals surface area contributed by atoms with E-state index in [9.17, 15) is 4.79 Å². The summed E-state index contributed by atoms with van der Waals surface area (Å²) in [6, 6.07) is 9.62. The summed E-state index contributed by atoms with van der Waals surface area (Å²) >= 11 is 0. The van der Waals surface area contributed by atoms with E-state index in [1.165, 1.54) is 0 Å². The molecule has 3 rings (SSSR count). The molecular weight excluding hydrogens is 254 g/mol. The zero-order valence-electron chi connectivity index (χ0n) is 10.9. The van der Waals surface area contributed by atoms with E-state index in [2.05, 4.69) is 10.1 Å². The van der Waals surface area contributed by atoms with Crippen molar-refractivity contribution < 1.29 is 9.90 Å². The van der Waals surface area contributed by atoms with Gasteiger partial charge in [-0.05, 0) is 19.1 Å². The molecule has 1 N–H and O–H groups in total. The lowest BCUT2D eigenvalue weighted by atomic mass is 10.0. The van der Waals surface area contributed by atoms with Gasteiger partial charge < -0.3 is 5.11 Å². The van der Waals surface area contributed by atoms with Gasteiger partial charge in [0, 0.05) is 23.5 Å². The number of aliphatic carboxylic acids is 1. The molecule has 0 atom stereocenters. The maximum Gasteiger partial charge on any atom is 0.308 e. The molecule has 2 heterocycles. The van der Waals surface area contributed by atoms with Crippen molar-refractivity contribution in [3.63, 3.8) is 0 Å². The highest BCUT2D eigenvalue weighted by Crippen LogP contribution is 2.26. The largest absolute Gasteiger partial charge is 0.481 e. The van der Waals surface area contributed by atoms with Crippen molar-refractivity contribution in [1.82, 2.24) is 14.6 Å². The number of aryl methyl sites for hydroxylation is 1. The Kier molecular flexibility index (Phi) is 2.95. The molecule has 0 saturated heterocycles. The average Bonchev–Trinajstić information content (AvgIpc) is 2.77. The van der Waals surface area contributed by atoms with Gasteiger partial charge in [-0.25, -0.2) is 9.50 Å². The zero-order chi connectivity index (χ0) is 14.1. The summed E-state index contributed by atoms with van der Waals surface area (Å²) in [5.74, 6) is -0.889. The first kappa shape index (κ1) is 12.3. The maximum absolute atomic E-state index is 11.1. The van der Waals surface area contributed by atoms with Crippen molar-refractivity contribution in [1.29, 1.82) is 0 Å². The van der Waals surface area contributed by atoms with E-state index in [0.717, 1.165) is 11.1 Å². The molecule has 5 heteroatoms. The Morgan fingerprint density at radius 1 is 1.35 bits per heavy atom. The summed E-state index contributed by atoms with van der Waals surface area (Å²) in [6.07, 6.45) is 3.32. The fraction of sp³-hybridized carbons (Fsp3) is 0.133. The van der Waals surface area contributed by atoms with Crippen LogP contribution in [0.15, 0.2) is 42.7 Å². The number of hydrogen-bond acceptors (Lipinski definition) is 3. The molecule has 0 aliphatic heterocycles. The van der Waals surface area contributed by atoms with E-state index in [1.54, 1.807) is 23.0 Å². The molecule has 5 nitrogen and oxygen atoms in total. The molecule has 0 aliphatic carbocycles. The van der Waals surface area contributed by atoms with Gasteiger partial charge in [-0.3, -0.25) is 4.79 Å². The fourth-order valence-electron chi connectivity index (χ4n) is 2.27. The third-order valence-corrected chi connectivity index (χ3v) is 3.11. The molecule has 1 aromatic carbocycles. The second kappa shape index (κ2) is 4.77. The summed E-state index contributed by atoms with van der Waals surface area (Å²) in [5, 5.41) is 13.6. The molecule has 0 radical (unpaired) electrons. The van der Waals surface area contributed by atoms with Crippen LogP contribution in [-0.2, 0) is 11.2 Å². The summed E-state index contributed by atoms with van der Waals surface area (Å²) in [7, 11) is 0. The number of carboxylic acid groups (broad SMARTS) is 1. The van der Waals surface area contributed by atoms with Gasteiger partial charge in [0.2, 0.25) is 0 Å². The summed E-state index contributed by atoms with van der Waals surface area (Å²) in [4.78, 5) is 15.3. The Morgan fingerprint density at radius 3 is 2.95 bits per heavy atom. The van der Waals surface area contributed by atoms with Crippen LogP contribution in [0.1, 0.15) is 11.1 Å². The SMILES string of the molecule is Cc1cccc(-c2nn3cccnc3c2CC(=O)O)c1. The first-order valence-electron chi connectivity index (χ1n) is 6.26. The van der Waals surface area contributed by atoms with E-state index in [-0.39, 0.29) is 6.42 Å². The predicted molar refractivity (Wildman–Crippen MR) is 74.5 cm³/mol. The van der Waals surface area contributed by atoms with Gasteiger partial charge in [-0.2, -0.15) is 5.10 Å². The smallest absolute Gasteiger partial charge is 0.308 e. The van der Waals surface area contributed by atoms with Crippen LogP contribution in [0.2, 0.25) is 0 Å². The molecular formula is C15H13N3O2. The molecule has 0 saturated carbocycles. The van der Waals surface area contributed by atoms with Crippen LogP contribution < -0.4 is 0 Å². The lowest BCUT2D eigenvalue weighted by molar-refractivity contribution is -0.136. The van der Waals surface area contributed by atoms with Crippen LogP contribution in [0, 0.1) is 6.92 Å². The van der Waals surface area contributed by atoms with Crippen molar-refractivity contribution in [2.45, 2.75) is 13.3 Å². The summed E-state index contributed by atoms with van der Waals surface area (Å²) < 4.78 is 1.62. The maximum atomic E-state index is 11.1.